The Bertz CT molecular complexity index is 614. The lowest BCUT2D eigenvalue weighted by Crippen LogP contribution is -2.48. The number of carbonyl (C=O) groups excluding carboxylic acids is 1. The van der Waals surface area contributed by atoms with Crippen molar-refractivity contribution in [3.05, 3.63) is 41.1 Å². The van der Waals surface area contributed by atoms with Gasteiger partial charge in [-0.2, -0.15) is 5.26 Å². The fraction of sp³-hybridized carbons (Fsp3) is 0.375. The summed E-state index contributed by atoms with van der Waals surface area (Å²) in [5.74, 6) is -0.293. The van der Waals surface area contributed by atoms with Gasteiger partial charge in [-0.25, -0.2) is 0 Å². The molecule has 0 aromatic heterocycles. The first-order valence-corrected chi connectivity index (χ1v) is 7.44. The summed E-state index contributed by atoms with van der Waals surface area (Å²) in [7, 11) is 0. The van der Waals surface area contributed by atoms with Crippen LogP contribution in [0.4, 0.5) is 5.69 Å². The SMILES string of the molecule is CC1CN(C(=O)/C(C#N)=C\Nc2cccc(Cl)c2)CC(C)O1. The number of benzene rings is 1. The second-order valence-corrected chi connectivity index (χ2v) is 5.73. The van der Waals surface area contributed by atoms with Crippen LogP contribution in [0.25, 0.3) is 0 Å². The lowest BCUT2D eigenvalue weighted by atomic mass is 10.2. The van der Waals surface area contributed by atoms with Crippen LogP contribution in [0.2, 0.25) is 5.02 Å². The van der Waals surface area contributed by atoms with Crippen LogP contribution in [0.15, 0.2) is 36.0 Å². The number of nitrogens with zero attached hydrogens (tertiary/aromatic N) is 2. The van der Waals surface area contributed by atoms with E-state index in [1.165, 1.54) is 6.20 Å². The van der Waals surface area contributed by atoms with E-state index in [1.54, 1.807) is 29.2 Å². The van der Waals surface area contributed by atoms with Crippen LogP contribution in [-0.4, -0.2) is 36.1 Å². The van der Waals surface area contributed by atoms with Crippen LogP contribution in [0.5, 0.6) is 0 Å². The Kier molecular flexibility index (Phi) is 5.42. The number of rotatable bonds is 3. The topological polar surface area (TPSA) is 65.4 Å². The van der Waals surface area contributed by atoms with E-state index < -0.39 is 0 Å². The summed E-state index contributed by atoms with van der Waals surface area (Å²) < 4.78 is 5.60. The minimum atomic E-state index is -0.293. The zero-order chi connectivity index (χ0) is 16.1. The number of morpholine rings is 1. The van der Waals surface area contributed by atoms with Crippen molar-refractivity contribution in [2.24, 2.45) is 0 Å². The van der Waals surface area contributed by atoms with Gasteiger partial charge in [0.1, 0.15) is 11.6 Å². The van der Waals surface area contributed by atoms with Gasteiger partial charge >= 0.3 is 0 Å². The lowest BCUT2D eigenvalue weighted by molar-refractivity contribution is -0.138. The summed E-state index contributed by atoms with van der Waals surface area (Å²) in [5, 5.41) is 12.7. The van der Waals surface area contributed by atoms with Crippen molar-refractivity contribution in [3.8, 4) is 6.07 Å². The highest BCUT2D eigenvalue weighted by molar-refractivity contribution is 6.30. The lowest BCUT2D eigenvalue weighted by Gasteiger charge is -2.35. The number of carbonyl (C=O) groups is 1. The smallest absolute Gasteiger partial charge is 0.266 e. The predicted octanol–water partition coefficient (Wildman–Crippen LogP) is 2.80. The number of ether oxygens (including phenoxy) is 1. The number of hydrogen-bond acceptors (Lipinski definition) is 4. The van der Waals surface area contributed by atoms with Crippen molar-refractivity contribution in [2.75, 3.05) is 18.4 Å². The van der Waals surface area contributed by atoms with E-state index in [-0.39, 0.29) is 23.7 Å². The summed E-state index contributed by atoms with van der Waals surface area (Å²) in [5.41, 5.74) is 0.776. The molecule has 1 amide bonds. The fourth-order valence-electron chi connectivity index (χ4n) is 2.39. The van der Waals surface area contributed by atoms with Gasteiger partial charge in [-0.15, -0.1) is 0 Å². The monoisotopic (exact) mass is 319 g/mol. The molecule has 0 bridgehead atoms. The summed E-state index contributed by atoms with van der Waals surface area (Å²) in [6.45, 7) is 4.80. The molecule has 0 saturated carbocycles. The average molecular weight is 320 g/mol. The van der Waals surface area contributed by atoms with E-state index in [9.17, 15) is 10.1 Å². The van der Waals surface area contributed by atoms with Crippen LogP contribution in [0.3, 0.4) is 0 Å². The standard InChI is InChI=1S/C16H18ClN3O2/c1-11-9-20(10-12(2)22-11)16(21)13(7-18)8-19-15-5-3-4-14(17)6-15/h3-6,8,11-12,19H,9-10H2,1-2H3/b13-8-. The van der Waals surface area contributed by atoms with E-state index in [0.29, 0.717) is 18.1 Å². The maximum Gasteiger partial charge on any atom is 0.266 e. The number of hydrogen-bond donors (Lipinski definition) is 1. The van der Waals surface area contributed by atoms with Gasteiger partial charge in [0.2, 0.25) is 0 Å². The van der Waals surface area contributed by atoms with Crippen LogP contribution in [-0.2, 0) is 9.53 Å². The molecule has 6 heteroatoms. The van der Waals surface area contributed by atoms with E-state index in [4.69, 9.17) is 16.3 Å². The average Bonchev–Trinajstić information content (AvgIpc) is 2.46. The molecule has 1 fully saturated rings. The highest BCUT2D eigenvalue weighted by Gasteiger charge is 2.27. The minimum Gasteiger partial charge on any atom is -0.372 e. The second kappa shape index (κ2) is 7.30. The molecule has 0 radical (unpaired) electrons. The largest absolute Gasteiger partial charge is 0.372 e. The Morgan fingerprint density at radius 2 is 2.14 bits per heavy atom. The molecule has 2 rings (SSSR count). The second-order valence-electron chi connectivity index (χ2n) is 5.29. The van der Waals surface area contributed by atoms with Crippen LogP contribution < -0.4 is 5.32 Å². The first kappa shape index (κ1) is 16.3. The summed E-state index contributed by atoms with van der Waals surface area (Å²) in [6.07, 6.45) is 1.35. The minimum absolute atomic E-state index is 0.0338. The first-order valence-electron chi connectivity index (χ1n) is 7.06. The summed E-state index contributed by atoms with van der Waals surface area (Å²) in [6, 6.07) is 9.01. The predicted molar refractivity (Wildman–Crippen MR) is 85.4 cm³/mol. The number of nitrogens with one attached hydrogen (secondary N) is 1. The van der Waals surface area contributed by atoms with Gasteiger partial charge in [0.05, 0.1) is 12.2 Å². The molecule has 2 atom stereocenters. The van der Waals surface area contributed by atoms with Crippen molar-refractivity contribution >= 4 is 23.2 Å². The van der Waals surface area contributed by atoms with Gasteiger partial charge < -0.3 is 15.0 Å². The Labute approximate surface area is 135 Å². The molecule has 2 unspecified atom stereocenters. The first-order chi connectivity index (χ1) is 10.5. The quantitative estimate of drug-likeness (QED) is 0.687. The van der Waals surface area contributed by atoms with E-state index in [1.807, 2.05) is 19.9 Å². The molecule has 0 spiro atoms. The zero-order valence-electron chi connectivity index (χ0n) is 12.5. The van der Waals surface area contributed by atoms with E-state index in [0.717, 1.165) is 5.69 Å². The van der Waals surface area contributed by atoms with E-state index >= 15 is 0 Å². The van der Waals surface area contributed by atoms with Gasteiger partial charge in [-0.1, -0.05) is 17.7 Å². The molecule has 1 aliphatic heterocycles. The molecular weight excluding hydrogens is 302 g/mol. The third-order valence-corrected chi connectivity index (χ3v) is 3.50. The number of nitriles is 1. The Morgan fingerprint density at radius 1 is 1.45 bits per heavy atom. The van der Waals surface area contributed by atoms with Crippen LogP contribution in [0.1, 0.15) is 13.8 Å². The Balaban J connectivity index is 2.08. The third-order valence-electron chi connectivity index (χ3n) is 3.27. The van der Waals surface area contributed by atoms with Gasteiger partial charge in [-0.05, 0) is 32.0 Å². The molecule has 5 nitrogen and oxygen atoms in total. The van der Waals surface area contributed by atoms with Crippen molar-refractivity contribution in [2.45, 2.75) is 26.1 Å². The molecule has 1 aliphatic rings. The highest BCUT2D eigenvalue weighted by atomic mass is 35.5. The molecule has 1 heterocycles. The molecule has 1 aromatic carbocycles. The van der Waals surface area contributed by atoms with Crippen LogP contribution >= 0.6 is 11.6 Å². The number of halogens is 1. The van der Waals surface area contributed by atoms with Gasteiger partial charge in [0, 0.05) is 30.0 Å². The highest BCUT2D eigenvalue weighted by Crippen LogP contribution is 2.16. The molecule has 1 N–H and O–H groups in total. The molecule has 1 aromatic rings. The normalized spacial score (nSPS) is 22.1. The van der Waals surface area contributed by atoms with Crippen molar-refractivity contribution < 1.29 is 9.53 Å². The van der Waals surface area contributed by atoms with Gasteiger partial charge in [-0.3, -0.25) is 4.79 Å². The number of anilines is 1. The molecule has 22 heavy (non-hydrogen) atoms. The molecule has 1 saturated heterocycles. The zero-order valence-corrected chi connectivity index (χ0v) is 13.3. The molecular formula is C16H18ClN3O2. The van der Waals surface area contributed by atoms with Crippen LogP contribution in [0, 0.1) is 11.3 Å². The maximum atomic E-state index is 12.4. The number of amides is 1. The van der Waals surface area contributed by atoms with Gasteiger partial charge in [0.25, 0.3) is 5.91 Å². The maximum absolute atomic E-state index is 12.4. The summed E-state index contributed by atoms with van der Waals surface area (Å²) >= 11 is 5.90. The summed E-state index contributed by atoms with van der Waals surface area (Å²) in [4.78, 5) is 14.1. The Hall–Kier alpha value is -2.03. The van der Waals surface area contributed by atoms with Crippen molar-refractivity contribution in [3.63, 3.8) is 0 Å². The van der Waals surface area contributed by atoms with E-state index in [2.05, 4.69) is 5.32 Å². The van der Waals surface area contributed by atoms with Crippen molar-refractivity contribution in [1.29, 1.82) is 5.26 Å². The van der Waals surface area contributed by atoms with Gasteiger partial charge in [0.15, 0.2) is 0 Å². The van der Waals surface area contributed by atoms with Crippen molar-refractivity contribution in [1.82, 2.24) is 4.90 Å². The molecule has 116 valence electrons. The third kappa shape index (κ3) is 4.23. The Morgan fingerprint density at radius 3 is 2.73 bits per heavy atom. The molecule has 0 aliphatic carbocycles. The fourth-order valence-corrected chi connectivity index (χ4v) is 2.58.